The topological polar surface area (TPSA) is 46.4 Å². The molecule has 0 aliphatic heterocycles. The highest BCUT2D eigenvalue weighted by molar-refractivity contribution is 5.50. The summed E-state index contributed by atoms with van der Waals surface area (Å²) in [4.78, 5) is 12.1. The summed E-state index contributed by atoms with van der Waals surface area (Å²) in [6.45, 7) is 5.39. The van der Waals surface area contributed by atoms with Gasteiger partial charge < -0.3 is 4.90 Å². The van der Waals surface area contributed by atoms with Gasteiger partial charge in [0, 0.05) is 19.8 Å². The van der Waals surface area contributed by atoms with Crippen molar-refractivity contribution in [2.24, 2.45) is 0 Å². The summed E-state index contributed by atoms with van der Waals surface area (Å²) in [6.07, 6.45) is 0.298. The van der Waals surface area contributed by atoms with Crippen LogP contribution in [0, 0.1) is 17.0 Å². The zero-order valence-electron chi connectivity index (χ0n) is 9.86. The van der Waals surface area contributed by atoms with E-state index in [-0.39, 0.29) is 5.70 Å². The first kappa shape index (κ1) is 12.2. The molecule has 0 aliphatic carbocycles. The van der Waals surface area contributed by atoms with Gasteiger partial charge in [-0.15, -0.1) is 0 Å². The summed E-state index contributed by atoms with van der Waals surface area (Å²) >= 11 is 0. The molecule has 0 spiro atoms. The summed E-state index contributed by atoms with van der Waals surface area (Å²) in [6, 6.07) is 5.89. The zero-order valence-corrected chi connectivity index (χ0v) is 9.86. The molecule has 0 aromatic heterocycles. The Balaban J connectivity index is 2.91. The van der Waals surface area contributed by atoms with Gasteiger partial charge in [0.2, 0.25) is 5.70 Å². The molecule has 4 heteroatoms. The number of rotatable bonds is 4. The van der Waals surface area contributed by atoms with Gasteiger partial charge in [0.05, 0.1) is 11.3 Å². The Labute approximate surface area is 95.3 Å². The molecular formula is C12H16N2O2. The molecule has 0 radical (unpaired) electrons. The number of hydrogen-bond acceptors (Lipinski definition) is 3. The van der Waals surface area contributed by atoms with Crippen LogP contribution in [0.15, 0.2) is 30.5 Å². The van der Waals surface area contributed by atoms with Crippen LogP contribution in [0.3, 0.4) is 0 Å². The summed E-state index contributed by atoms with van der Waals surface area (Å²) < 4.78 is 0. The van der Waals surface area contributed by atoms with Crippen molar-refractivity contribution >= 4 is 5.69 Å². The number of benzene rings is 1. The number of anilines is 1. The van der Waals surface area contributed by atoms with Crippen LogP contribution >= 0.6 is 0 Å². The summed E-state index contributed by atoms with van der Waals surface area (Å²) in [5, 5.41) is 10.5. The molecule has 0 amide bonds. The molecule has 0 aliphatic rings. The van der Waals surface area contributed by atoms with Gasteiger partial charge in [0.25, 0.3) is 0 Å². The summed E-state index contributed by atoms with van der Waals surface area (Å²) in [5.74, 6) is 0. The van der Waals surface area contributed by atoms with E-state index in [1.807, 2.05) is 44.1 Å². The Bertz CT molecular complexity index is 425. The molecule has 1 rings (SSSR count). The normalized spacial score (nSPS) is 9.94. The second-order valence-electron chi connectivity index (χ2n) is 4.01. The van der Waals surface area contributed by atoms with Gasteiger partial charge in [-0.3, -0.25) is 10.1 Å². The Kier molecular flexibility index (Phi) is 3.66. The fourth-order valence-corrected chi connectivity index (χ4v) is 1.44. The fourth-order valence-electron chi connectivity index (χ4n) is 1.44. The highest BCUT2D eigenvalue weighted by Crippen LogP contribution is 2.19. The third-order valence-electron chi connectivity index (χ3n) is 2.50. The molecule has 1 aromatic carbocycles. The number of aryl methyl sites for hydroxylation is 1. The molecule has 0 saturated heterocycles. The van der Waals surface area contributed by atoms with Crippen LogP contribution in [0.1, 0.15) is 11.1 Å². The second-order valence-corrected chi connectivity index (χ2v) is 4.01. The molecule has 0 unspecified atom stereocenters. The fraction of sp³-hybridized carbons (Fsp3) is 0.333. The molecular weight excluding hydrogens is 204 g/mol. The van der Waals surface area contributed by atoms with Crippen LogP contribution in [-0.2, 0) is 6.42 Å². The highest BCUT2D eigenvalue weighted by Gasteiger charge is 2.10. The number of hydrogen-bond donors (Lipinski definition) is 0. The molecule has 4 nitrogen and oxygen atoms in total. The average molecular weight is 220 g/mol. The number of nitrogens with zero attached hydrogens (tertiary/aromatic N) is 2. The van der Waals surface area contributed by atoms with Crippen molar-refractivity contribution in [3.05, 3.63) is 51.7 Å². The molecule has 0 N–H and O–H groups in total. The number of nitro groups is 1. The van der Waals surface area contributed by atoms with Crippen LogP contribution in [0.2, 0.25) is 0 Å². The maximum absolute atomic E-state index is 10.5. The van der Waals surface area contributed by atoms with Crippen molar-refractivity contribution in [1.29, 1.82) is 0 Å². The first-order valence-corrected chi connectivity index (χ1v) is 5.01. The van der Waals surface area contributed by atoms with Gasteiger partial charge in [-0.2, -0.15) is 0 Å². The zero-order chi connectivity index (χ0) is 12.3. The van der Waals surface area contributed by atoms with E-state index < -0.39 is 4.92 Å². The molecule has 0 saturated carbocycles. The van der Waals surface area contributed by atoms with Crippen LogP contribution in [0.4, 0.5) is 5.69 Å². The predicted octanol–water partition coefficient (Wildman–Crippen LogP) is 2.39. The minimum Gasteiger partial charge on any atom is -0.378 e. The van der Waals surface area contributed by atoms with E-state index >= 15 is 0 Å². The van der Waals surface area contributed by atoms with E-state index in [0.717, 1.165) is 16.8 Å². The molecule has 0 fully saturated rings. The van der Waals surface area contributed by atoms with Crippen LogP contribution in [0.5, 0.6) is 0 Å². The summed E-state index contributed by atoms with van der Waals surface area (Å²) in [5.41, 5.74) is 3.12. The molecule has 0 heterocycles. The average Bonchev–Trinajstić information content (AvgIpc) is 2.20. The maximum atomic E-state index is 10.5. The smallest absolute Gasteiger partial charge is 0.243 e. The first-order valence-electron chi connectivity index (χ1n) is 5.01. The molecule has 0 atom stereocenters. The molecule has 0 bridgehead atoms. The van der Waals surface area contributed by atoms with Gasteiger partial charge in [-0.05, 0) is 36.8 Å². The quantitative estimate of drug-likeness (QED) is 0.578. The lowest BCUT2D eigenvalue weighted by atomic mass is 10.0. The number of allylic oxidation sites excluding steroid dienone is 1. The predicted molar refractivity (Wildman–Crippen MR) is 65.3 cm³/mol. The van der Waals surface area contributed by atoms with E-state index in [1.54, 1.807) is 0 Å². The maximum Gasteiger partial charge on any atom is 0.243 e. The van der Waals surface area contributed by atoms with Crippen molar-refractivity contribution in [3.63, 3.8) is 0 Å². The van der Waals surface area contributed by atoms with Crippen molar-refractivity contribution in [1.82, 2.24) is 0 Å². The lowest BCUT2D eigenvalue weighted by Crippen LogP contribution is -2.09. The van der Waals surface area contributed by atoms with Crippen LogP contribution in [0.25, 0.3) is 0 Å². The highest BCUT2D eigenvalue weighted by atomic mass is 16.6. The Hall–Kier alpha value is -1.84. The largest absolute Gasteiger partial charge is 0.378 e. The van der Waals surface area contributed by atoms with Gasteiger partial charge in [0.15, 0.2) is 0 Å². The van der Waals surface area contributed by atoms with Crippen LogP contribution in [-0.4, -0.2) is 19.0 Å². The van der Waals surface area contributed by atoms with Crippen molar-refractivity contribution in [2.75, 3.05) is 19.0 Å². The van der Waals surface area contributed by atoms with Crippen LogP contribution < -0.4 is 4.90 Å². The van der Waals surface area contributed by atoms with Gasteiger partial charge >= 0.3 is 0 Å². The van der Waals surface area contributed by atoms with E-state index in [9.17, 15) is 10.1 Å². The Morgan fingerprint density at radius 2 is 2.12 bits per heavy atom. The molecule has 1 aromatic rings. The Morgan fingerprint density at radius 1 is 1.50 bits per heavy atom. The first-order chi connectivity index (χ1) is 7.41. The van der Waals surface area contributed by atoms with Crippen molar-refractivity contribution in [3.8, 4) is 0 Å². The van der Waals surface area contributed by atoms with E-state index in [0.29, 0.717) is 6.42 Å². The van der Waals surface area contributed by atoms with E-state index in [4.69, 9.17) is 0 Å². The SMILES string of the molecule is C=C(Cc1ccc(N(C)C)cc1C)[N+](=O)[O-]. The summed E-state index contributed by atoms with van der Waals surface area (Å²) in [7, 11) is 3.93. The van der Waals surface area contributed by atoms with Gasteiger partial charge in [-0.25, -0.2) is 0 Å². The van der Waals surface area contributed by atoms with E-state index in [1.165, 1.54) is 0 Å². The minimum atomic E-state index is -0.431. The second kappa shape index (κ2) is 4.79. The molecule has 16 heavy (non-hydrogen) atoms. The van der Waals surface area contributed by atoms with Gasteiger partial charge in [0.1, 0.15) is 0 Å². The lowest BCUT2D eigenvalue weighted by molar-refractivity contribution is -0.426. The lowest BCUT2D eigenvalue weighted by Gasteiger charge is -2.14. The molecule has 86 valence electrons. The third-order valence-corrected chi connectivity index (χ3v) is 2.50. The van der Waals surface area contributed by atoms with E-state index in [2.05, 4.69) is 6.58 Å². The standard InChI is InChI=1S/C12H16N2O2/c1-9-7-12(13(3)4)6-5-11(9)8-10(2)14(15)16/h5-7H,2,8H2,1,3-4H3. The third kappa shape index (κ3) is 2.82. The van der Waals surface area contributed by atoms with Crippen molar-refractivity contribution in [2.45, 2.75) is 13.3 Å². The van der Waals surface area contributed by atoms with Crippen molar-refractivity contribution < 1.29 is 4.92 Å². The monoisotopic (exact) mass is 220 g/mol. The minimum absolute atomic E-state index is 0.0284. The Morgan fingerprint density at radius 3 is 2.56 bits per heavy atom. The van der Waals surface area contributed by atoms with Gasteiger partial charge in [-0.1, -0.05) is 6.07 Å².